The Morgan fingerprint density at radius 1 is 1.22 bits per heavy atom. The van der Waals surface area contributed by atoms with Crippen LogP contribution >= 0.6 is 15.9 Å². The Labute approximate surface area is 118 Å². The first kappa shape index (κ1) is 14.0. The van der Waals surface area contributed by atoms with Gasteiger partial charge in [0.1, 0.15) is 0 Å². The van der Waals surface area contributed by atoms with Crippen LogP contribution in [0.4, 0.5) is 0 Å². The third-order valence-corrected chi connectivity index (χ3v) is 4.22. The van der Waals surface area contributed by atoms with Gasteiger partial charge in [-0.25, -0.2) is 0 Å². The Kier molecular flexibility index (Phi) is 5.67. The Bertz CT molecular complexity index is 363. The van der Waals surface area contributed by atoms with Crippen LogP contribution in [0.2, 0.25) is 0 Å². The summed E-state index contributed by atoms with van der Waals surface area (Å²) in [5, 5.41) is 12.3. The number of nitrogens with one attached hydrogen (secondary N) is 1. The highest BCUT2D eigenvalue weighted by atomic mass is 79.9. The minimum atomic E-state index is 0.328. The van der Waals surface area contributed by atoms with E-state index in [2.05, 4.69) is 45.5 Å². The number of hydrogen-bond acceptors (Lipinski definition) is 2. The lowest BCUT2D eigenvalue weighted by Crippen LogP contribution is -2.40. The summed E-state index contributed by atoms with van der Waals surface area (Å²) in [5.74, 6) is 0.734. The van der Waals surface area contributed by atoms with E-state index < -0.39 is 0 Å². The second kappa shape index (κ2) is 7.27. The molecule has 0 unspecified atom stereocenters. The van der Waals surface area contributed by atoms with Crippen LogP contribution in [0.3, 0.4) is 0 Å². The van der Waals surface area contributed by atoms with Crippen LogP contribution in [0, 0.1) is 0 Å². The molecule has 1 aromatic rings. The fraction of sp³-hybridized carbons (Fsp3) is 0.600. The molecule has 0 spiro atoms. The topological polar surface area (TPSA) is 32.3 Å². The molecule has 2 N–H and O–H groups in total. The lowest BCUT2D eigenvalue weighted by atomic mass is 9.76. The highest BCUT2D eigenvalue weighted by Gasteiger charge is 2.29. The average molecular weight is 312 g/mol. The van der Waals surface area contributed by atoms with Gasteiger partial charge in [0.15, 0.2) is 0 Å². The molecule has 0 heterocycles. The first-order chi connectivity index (χ1) is 8.79. The highest BCUT2D eigenvalue weighted by Crippen LogP contribution is 2.37. The van der Waals surface area contributed by atoms with Crippen LogP contribution < -0.4 is 5.32 Å². The van der Waals surface area contributed by atoms with Gasteiger partial charge in [-0.2, -0.15) is 0 Å². The first-order valence-electron chi connectivity index (χ1n) is 6.89. The molecule has 0 saturated heterocycles. The molecule has 0 aromatic heterocycles. The van der Waals surface area contributed by atoms with E-state index >= 15 is 0 Å². The number of halogens is 1. The maximum atomic E-state index is 8.69. The summed E-state index contributed by atoms with van der Waals surface area (Å²) in [6.45, 7) is 1.42. The van der Waals surface area contributed by atoms with E-state index in [1.165, 1.54) is 29.3 Å². The molecule has 0 amide bonds. The van der Waals surface area contributed by atoms with Crippen LogP contribution in [-0.4, -0.2) is 24.3 Å². The fourth-order valence-corrected chi connectivity index (χ4v) is 2.95. The van der Waals surface area contributed by atoms with E-state index in [1.807, 2.05) is 0 Å². The lowest BCUT2D eigenvalue weighted by molar-refractivity contribution is 0.273. The third-order valence-electron chi connectivity index (χ3n) is 3.73. The standard InChI is InChI=1S/C15H22BrNO/c16-14-6-4-5-12(9-14)13-10-15(11-13)17-7-2-1-3-8-18/h4-6,9,13,15,17-18H,1-3,7-8,10-11H2. The molecule has 0 atom stereocenters. The summed E-state index contributed by atoms with van der Waals surface area (Å²) >= 11 is 3.53. The van der Waals surface area contributed by atoms with Crippen molar-refractivity contribution in [2.45, 2.75) is 44.1 Å². The van der Waals surface area contributed by atoms with Crippen molar-refractivity contribution in [2.75, 3.05) is 13.2 Å². The normalized spacial score (nSPS) is 22.8. The van der Waals surface area contributed by atoms with Crippen molar-refractivity contribution in [3.8, 4) is 0 Å². The Balaban J connectivity index is 1.62. The summed E-state index contributed by atoms with van der Waals surface area (Å²) in [4.78, 5) is 0. The molecule has 1 saturated carbocycles. The maximum Gasteiger partial charge on any atom is 0.0431 e. The van der Waals surface area contributed by atoms with Crippen LogP contribution in [0.15, 0.2) is 28.7 Å². The Hall–Kier alpha value is -0.380. The molecule has 1 aliphatic rings. The highest BCUT2D eigenvalue weighted by molar-refractivity contribution is 9.10. The molecule has 1 aliphatic carbocycles. The average Bonchev–Trinajstić information content (AvgIpc) is 2.31. The van der Waals surface area contributed by atoms with E-state index in [0.29, 0.717) is 12.6 Å². The van der Waals surface area contributed by atoms with Gasteiger partial charge in [-0.3, -0.25) is 0 Å². The van der Waals surface area contributed by atoms with Gasteiger partial charge in [0.25, 0.3) is 0 Å². The van der Waals surface area contributed by atoms with Crippen LogP contribution in [0.25, 0.3) is 0 Å². The molecular weight excluding hydrogens is 290 g/mol. The summed E-state index contributed by atoms with van der Waals surface area (Å²) in [7, 11) is 0. The quantitative estimate of drug-likeness (QED) is 0.756. The molecular formula is C15H22BrNO. The van der Waals surface area contributed by atoms with E-state index in [9.17, 15) is 0 Å². The molecule has 18 heavy (non-hydrogen) atoms. The van der Waals surface area contributed by atoms with Gasteiger partial charge in [-0.1, -0.05) is 28.1 Å². The molecule has 0 radical (unpaired) electrons. The van der Waals surface area contributed by atoms with Crippen molar-refractivity contribution in [1.82, 2.24) is 5.32 Å². The lowest BCUT2D eigenvalue weighted by Gasteiger charge is -2.36. The van der Waals surface area contributed by atoms with Gasteiger partial charge in [-0.05, 0) is 62.3 Å². The number of rotatable bonds is 7. The zero-order chi connectivity index (χ0) is 12.8. The summed E-state index contributed by atoms with van der Waals surface area (Å²) < 4.78 is 1.18. The van der Waals surface area contributed by atoms with Gasteiger partial charge in [0, 0.05) is 17.1 Å². The number of hydrogen-bond donors (Lipinski definition) is 2. The molecule has 3 heteroatoms. The number of benzene rings is 1. The predicted octanol–water partition coefficient (Wildman–Crippen LogP) is 3.45. The number of unbranched alkanes of at least 4 members (excludes halogenated alkanes) is 2. The van der Waals surface area contributed by atoms with Crippen molar-refractivity contribution in [3.05, 3.63) is 34.3 Å². The van der Waals surface area contributed by atoms with Crippen molar-refractivity contribution in [1.29, 1.82) is 0 Å². The number of aliphatic hydroxyl groups is 1. The van der Waals surface area contributed by atoms with Crippen LogP contribution in [0.1, 0.15) is 43.6 Å². The molecule has 2 rings (SSSR count). The van der Waals surface area contributed by atoms with Crippen LogP contribution in [-0.2, 0) is 0 Å². The monoisotopic (exact) mass is 311 g/mol. The fourth-order valence-electron chi connectivity index (χ4n) is 2.54. The van der Waals surface area contributed by atoms with Crippen molar-refractivity contribution < 1.29 is 5.11 Å². The summed E-state index contributed by atoms with van der Waals surface area (Å²) in [5.41, 5.74) is 1.46. The molecule has 100 valence electrons. The van der Waals surface area contributed by atoms with E-state index in [1.54, 1.807) is 0 Å². The molecule has 0 aliphatic heterocycles. The van der Waals surface area contributed by atoms with Gasteiger partial charge in [0.2, 0.25) is 0 Å². The minimum Gasteiger partial charge on any atom is -0.396 e. The van der Waals surface area contributed by atoms with Crippen molar-refractivity contribution >= 4 is 15.9 Å². The molecule has 2 nitrogen and oxygen atoms in total. The summed E-state index contributed by atoms with van der Waals surface area (Å²) in [6, 6.07) is 9.37. The Morgan fingerprint density at radius 2 is 2.06 bits per heavy atom. The zero-order valence-electron chi connectivity index (χ0n) is 10.7. The second-order valence-electron chi connectivity index (χ2n) is 5.16. The van der Waals surface area contributed by atoms with Gasteiger partial charge in [0.05, 0.1) is 0 Å². The van der Waals surface area contributed by atoms with Gasteiger partial charge < -0.3 is 10.4 Å². The van der Waals surface area contributed by atoms with E-state index in [0.717, 1.165) is 25.3 Å². The SMILES string of the molecule is OCCCCCNC1CC(c2cccc(Br)c2)C1. The number of aliphatic hydroxyl groups excluding tert-OH is 1. The predicted molar refractivity (Wildman–Crippen MR) is 78.8 cm³/mol. The van der Waals surface area contributed by atoms with E-state index in [4.69, 9.17) is 5.11 Å². The summed E-state index contributed by atoms with van der Waals surface area (Å²) in [6.07, 6.45) is 5.77. The zero-order valence-corrected chi connectivity index (χ0v) is 12.3. The molecule has 1 fully saturated rings. The molecule has 0 bridgehead atoms. The van der Waals surface area contributed by atoms with Crippen molar-refractivity contribution in [3.63, 3.8) is 0 Å². The van der Waals surface area contributed by atoms with Gasteiger partial charge >= 0.3 is 0 Å². The Morgan fingerprint density at radius 3 is 2.78 bits per heavy atom. The van der Waals surface area contributed by atoms with E-state index in [-0.39, 0.29) is 0 Å². The maximum absolute atomic E-state index is 8.69. The third kappa shape index (κ3) is 4.08. The second-order valence-corrected chi connectivity index (χ2v) is 6.07. The smallest absolute Gasteiger partial charge is 0.0431 e. The minimum absolute atomic E-state index is 0.328. The van der Waals surface area contributed by atoms with Gasteiger partial charge in [-0.15, -0.1) is 0 Å². The van der Waals surface area contributed by atoms with Crippen molar-refractivity contribution in [2.24, 2.45) is 0 Å². The largest absolute Gasteiger partial charge is 0.396 e. The van der Waals surface area contributed by atoms with Crippen LogP contribution in [0.5, 0.6) is 0 Å². The first-order valence-corrected chi connectivity index (χ1v) is 7.68. The molecule has 1 aromatic carbocycles.